The Hall–Kier alpha value is -2.37. The minimum Gasteiger partial charge on any atom is -0.497 e. The molecule has 1 saturated carbocycles. The number of nitrogens with zero attached hydrogens (tertiary/aromatic N) is 1. The number of benzene rings is 1. The third-order valence-corrected chi connectivity index (χ3v) is 5.19. The van der Waals surface area contributed by atoms with Crippen LogP contribution < -0.4 is 10.1 Å². The lowest BCUT2D eigenvalue weighted by molar-refractivity contribution is -0.133. The minimum atomic E-state index is -0.829. The van der Waals surface area contributed by atoms with Crippen molar-refractivity contribution >= 4 is 17.7 Å². The van der Waals surface area contributed by atoms with Crippen molar-refractivity contribution in [3.05, 3.63) is 29.8 Å². The van der Waals surface area contributed by atoms with Gasteiger partial charge < -0.3 is 10.1 Å². The first-order chi connectivity index (χ1) is 11.5. The smallest absolute Gasteiger partial charge is 0.325 e. The van der Waals surface area contributed by atoms with E-state index in [1.807, 2.05) is 6.92 Å². The standard InChI is InChI=1S/C18H22N2O4/c1-12-6-3-4-9-18(12)16(22)20(17(23)19-18)11-15(21)13-7-5-8-14(10-13)24-2/h5,7-8,10,12H,3-4,6,9,11H2,1-2H3,(H,19,23)/t12-,18+/m1/s1. The van der Waals surface area contributed by atoms with Crippen LogP contribution in [0.2, 0.25) is 0 Å². The van der Waals surface area contributed by atoms with Crippen LogP contribution >= 0.6 is 0 Å². The van der Waals surface area contributed by atoms with Crippen molar-refractivity contribution in [2.75, 3.05) is 13.7 Å². The molecule has 128 valence electrons. The first-order valence-corrected chi connectivity index (χ1v) is 8.29. The second kappa shape index (κ2) is 6.26. The molecule has 1 aromatic rings. The Morgan fingerprint density at radius 2 is 2.17 bits per heavy atom. The third-order valence-electron chi connectivity index (χ3n) is 5.19. The number of carbonyl (C=O) groups excluding carboxylic acids is 3. The molecular formula is C18H22N2O4. The van der Waals surface area contributed by atoms with Gasteiger partial charge in [-0.1, -0.05) is 31.9 Å². The molecule has 0 aromatic heterocycles. The monoisotopic (exact) mass is 330 g/mol. The van der Waals surface area contributed by atoms with Gasteiger partial charge >= 0.3 is 6.03 Å². The number of ether oxygens (including phenoxy) is 1. The zero-order valence-electron chi connectivity index (χ0n) is 14.0. The molecule has 6 heteroatoms. The summed E-state index contributed by atoms with van der Waals surface area (Å²) < 4.78 is 5.11. The van der Waals surface area contributed by atoms with E-state index in [4.69, 9.17) is 4.74 Å². The van der Waals surface area contributed by atoms with Crippen LogP contribution in [0.15, 0.2) is 24.3 Å². The molecule has 0 radical (unpaired) electrons. The van der Waals surface area contributed by atoms with Gasteiger partial charge in [0.05, 0.1) is 13.7 Å². The summed E-state index contributed by atoms with van der Waals surface area (Å²) in [5.74, 6) is 0.101. The minimum absolute atomic E-state index is 0.0830. The maximum absolute atomic E-state index is 12.9. The molecule has 1 saturated heterocycles. The van der Waals surface area contributed by atoms with E-state index in [0.717, 1.165) is 24.2 Å². The number of methoxy groups -OCH3 is 1. The number of urea groups is 1. The van der Waals surface area contributed by atoms with Gasteiger partial charge in [0.25, 0.3) is 5.91 Å². The van der Waals surface area contributed by atoms with E-state index in [0.29, 0.717) is 17.7 Å². The molecule has 1 spiro atoms. The van der Waals surface area contributed by atoms with E-state index in [1.54, 1.807) is 24.3 Å². The number of carbonyl (C=O) groups is 3. The van der Waals surface area contributed by atoms with Crippen molar-refractivity contribution in [3.8, 4) is 5.75 Å². The van der Waals surface area contributed by atoms with Crippen molar-refractivity contribution in [1.82, 2.24) is 10.2 Å². The van der Waals surface area contributed by atoms with Crippen molar-refractivity contribution in [3.63, 3.8) is 0 Å². The van der Waals surface area contributed by atoms with Gasteiger partial charge in [-0.3, -0.25) is 14.5 Å². The molecule has 1 N–H and O–H groups in total. The molecule has 3 rings (SSSR count). The third kappa shape index (κ3) is 2.66. The predicted octanol–water partition coefficient (Wildman–Crippen LogP) is 2.38. The number of Topliss-reactive ketones (excluding diaryl/α,β-unsaturated/α-hetero) is 1. The number of hydrogen-bond acceptors (Lipinski definition) is 4. The molecule has 2 atom stereocenters. The number of ketones is 1. The van der Waals surface area contributed by atoms with Crippen molar-refractivity contribution in [2.24, 2.45) is 5.92 Å². The summed E-state index contributed by atoms with van der Waals surface area (Å²) in [6, 6.07) is 6.25. The first kappa shape index (κ1) is 16.5. The Labute approximate surface area is 141 Å². The summed E-state index contributed by atoms with van der Waals surface area (Å²) >= 11 is 0. The maximum atomic E-state index is 12.9. The molecule has 0 bridgehead atoms. The highest BCUT2D eigenvalue weighted by Gasteiger charge is 2.55. The average Bonchev–Trinajstić information content (AvgIpc) is 2.82. The summed E-state index contributed by atoms with van der Waals surface area (Å²) in [7, 11) is 1.52. The summed E-state index contributed by atoms with van der Waals surface area (Å²) in [6.45, 7) is 1.75. The highest BCUT2D eigenvalue weighted by molar-refractivity contribution is 6.11. The van der Waals surface area contributed by atoms with Crippen LogP contribution in [0, 0.1) is 5.92 Å². The van der Waals surface area contributed by atoms with Gasteiger partial charge in [0, 0.05) is 5.56 Å². The lowest BCUT2D eigenvalue weighted by Gasteiger charge is -2.36. The quantitative estimate of drug-likeness (QED) is 0.679. The van der Waals surface area contributed by atoms with Crippen LogP contribution in [-0.2, 0) is 4.79 Å². The fourth-order valence-corrected chi connectivity index (χ4v) is 3.67. The molecule has 1 aliphatic heterocycles. The molecule has 3 amide bonds. The first-order valence-electron chi connectivity index (χ1n) is 8.29. The predicted molar refractivity (Wildman–Crippen MR) is 87.9 cm³/mol. The van der Waals surface area contributed by atoms with Gasteiger partial charge in [0.2, 0.25) is 0 Å². The molecule has 1 heterocycles. The van der Waals surface area contributed by atoms with Crippen LogP contribution in [-0.4, -0.2) is 41.8 Å². The van der Waals surface area contributed by atoms with Crippen LogP contribution in [0.4, 0.5) is 4.79 Å². The lowest BCUT2D eigenvalue weighted by Crippen LogP contribution is -2.54. The zero-order valence-corrected chi connectivity index (χ0v) is 14.0. The Bertz CT molecular complexity index is 687. The molecule has 1 aromatic carbocycles. The molecule has 2 fully saturated rings. The Morgan fingerprint density at radius 3 is 2.88 bits per heavy atom. The largest absolute Gasteiger partial charge is 0.497 e. The number of hydrogen-bond donors (Lipinski definition) is 1. The number of nitrogens with one attached hydrogen (secondary N) is 1. The van der Waals surface area contributed by atoms with E-state index in [1.165, 1.54) is 7.11 Å². The highest BCUT2D eigenvalue weighted by Crippen LogP contribution is 2.38. The molecule has 24 heavy (non-hydrogen) atoms. The summed E-state index contributed by atoms with van der Waals surface area (Å²) in [6.07, 6.45) is 3.52. The fourth-order valence-electron chi connectivity index (χ4n) is 3.67. The number of rotatable bonds is 4. The fraction of sp³-hybridized carbons (Fsp3) is 0.500. The van der Waals surface area contributed by atoms with Crippen molar-refractivity contribution in [1.29, 1.82) is 0 Å². The summed E-state index contributed by atoms with van der Waals surface area (Å²) in [5, 5.41) is 2.86. The second-order valence-electron chi connectivity index (χ2n) is 6.59. The molecule has 2 aliphatic rings. The zero-order chi connectivity index (χ0) is 17.3. The Morgan fingerprint density at radius 1 is 1.38 bits per heavy atom. The van der Waals surface area contributed by atoms with Crippen LogP contribution in [0.5, 0.6) is 5.75 Å². The number of imide groups is 1. The molecule has 0 unspecified atom stereocenters. The highest BCUT2D eigenvalue weighted by atomic mass is 16.5. The van der Waals surface area contributed by atoms with Gasteiger partial charge in [-0.15, -0.1) is 0 Å². The Balaban J connectivity index is 1.78. The lowest BCUT2D eigenvalue weighted by atomic mass is 9.73. The summed E-state index contributed by atoms with van der Waals surface area (Å²) in [4.78, 5) is 38.7. The van der Waals surface area contributed by atoms with Gasteiger partial charge in [-0.05, 0) is 30.9 Å². The summed E-state index contributed by atoms with van der Waals surface area (Å²) in [5.41, 5.74) is -0.406. The van der Waals surface area contributed by atoms with Crippen LogP contribution in [0.3, 0.4) is 0 Å². The van der Waals surface area contributed by atoms with Crippen molar-refractivity contribution < 1.29 is 19.1 Å². The SMILES string of the molecule is COc1cccc(C(=O)CN2C(=O)N[C@]3(CCCC[C@H]3C)C2=O)c1. The van der Waals surface area contributed by atoms with Crippen molar-refractivity contribution in [2.45, 2.75) is 38.1 Å². The van der Waals surface area contributed by atoms with Gasteiger partial charge in [-0.25, -0.2) is 4.79 Å². The topological polar surface area (TPSA) is 75.7 Å². The normalized spacial score (nSPS) is 26.6. The van der Waals surface area contributed by atoms with Crippen LogP contribution in [0.25, 0.3) is 0 Å². The molecular weight excluding hydrogens is 308 g/mol. The van der Waals surface area contributed by atoms with E-state index < -0.39 is 11.6 Å². The maximum Gasteiger partial charge on any atom is 0.325 e. The van der Waals surface area contributed by atoms with E-state index in [2.05, 4.69) is 5.32 Å². The van der Waals surface area contributed by atoms with E-state index in [9.17, 15) is 14.4 Å². The van der Waals surface area contributed by atoms with Gasteiger partial charge in [0.1, 0.15) is 11.3 Å². The van der Waals surface area contributed by atoms with E-state index in [-0.39, 0.29) is 24.2 Å². The number of amides is 3. The average molecular weight is 330 g/mol. The molecule has 6 nitrogen and oxygen atoms in total. The Kier molecular flexibility index (Phi) is 4.30. The van der Waals surface area contributed by atoms with Gasteiger partial charge in [0.15, 0.2) is 5.78 Å². The second-order valence-corrected chi connectivity index (χ2v) is 6.59. The van der Waals surface area contributed by atoms with Crippen LogP contribution in [0.1, 0.15) is 43.0 Å². The van der Waals surface area contributed by atoms with Gasteiger partial charge in [-0.2, -0.15) is 0 Å². The molecule has 1 aliphatic carbocycles. The van der Waals surface area contributed by atoms with E-state index >= 15 is 0 Å².